The van der Waals surface area contributed by atoms with Crippen molar-refractivity contribution in [3.63, 3.8) is 0 Å². The molecular weight excluding hydrogens is 202 g/mol. The lowest BCUT2D eigenvalue weighted by molar-refractivity contribution is 1.45. The first-order valence-corrected chi connectivity index (χ1v) is 5.40. The van der Waals surface area contributed by atoms with Crippen LogP contribution >= 0.6 is 23.4 Å². The monoisotopic (exact) mass is 213 g/mol. The Morgan fingerprint density at radius 1 is 1.54 bits per heavy atom. The number of halogens is 1. The summed E-state index contributed by atoms with van der Waals surface area (Å²) in [4.78, 5) is 0.974. The van der Waals surface area contributed by atoms with Crippen LogP contribution < -0.4 is 5.73 Å². The largest absolute Gasteiger partial charge is 0.398 e. The Hall–Kier alpha value is -0.600. The fourth-order valence-corrected chi connectivity index (χ4v) is 2.15. The van der Waals surface area contributed by atoms with Crippen LogP contribution in [-0.4, -0.2) is 5.75 Å². The number of anilines is 1. The summed E-state index contributed by atoms with van der Waals surface area (Å²) in [6.07, 6.45) is 4.09. The predicted octanol–water partition coefficient (Wildman–Crippen LogP) is 3.59. The maximum atomic E-state index is 5.98. The van der Waals surface area contributed by atoms with Gasteiger partial charge >= 0.3 is 0 Å². The van der Waals surface area contributed by atoms with E-state index in [2.05, 4.69) is 6.08 Å². The fourth-order valence-electron chi connectivity index (χ4n) is 0.905. The molecule has 13 heavy (non-hydrogen) atoms. The highest BCUT2D eigenvalue weighted by Gasteiger charge is 2.02. The smallest absolute Gasteiger partial charge is 0.0562 e. The average molecular weight is 214 g/mol. The maximum Gasteiger partial charge on any atom is 0.0562 e. The molecule has 0 atom stereocenters. The molecule has 1 aromatic carbocycles. The van der Waals surface area contributed by atoms with Gasteiger partial charge in [0.05, 0.1) is 5.02 Å². The molecule has 0 saturated carbocycles. The van der Waals surface area contributed by atoms with Crippen molar-refractivity contribution in [2.75, 3.05) is 11.5 Å². The van der Waals surface area contributed by atoms with Crippen molar-refractivity contribution in [2.24, 2.45) is 0 Å². The van der Waals surface area contributed by atoms with Crippen LogP contribution in [0.4, 0.5) is 5.69 Å². The zero-order valence-electron chi connectivity index (χ0n) is 7.46. The second-order valence-electron chi connectivity index (χ2n) is 2.54. The summed E-state index contributed by atoms with van der Waals surface area (Å²) in [7, 11) is 0. The molecule has 0 aliphatic rings. The van der Waals surface area contributed by atoms with Crippen molar-refractivity contribution >= 4 is 29.1 Å². The third-order valence-corrected chi connectivity index (χ3v) is 3.09. The molecule has 0 saturated heterocycles. The molecule has 0 aromatic heterocycles. The molecule has 2 N–H and O–H groups in total. The van der Waals surface area contributed by atoms with E-state index in [1.54, 1.807) is 11.8 Å². The predicted molar refractivity (Wildman–Crippen MR) is 61.4 cm³/mol. The van der Waals surface area contributed by atoms with Crippen molar-refractivity contribution in [1.29, 1.82) is 0 Å². The van der Waals surface area contributed by atoms with Crippen LogP contribution in [-0.2, 0) is 0 Å². The zero-order chi connectivity index (χ0) is 9.68. The molecular formula is C10H12ClNS. The Morgan fingerprint density at radius 2 is 2.31 bits per heavy atom. The van der Waals surface area contributed by atoms with Gasteiger partial charge in [-0.1, -0.05) is 29.8 Å². The molecule has 70 valence electrons. The number of hydrogen-bond acceptors (Lipinski definition) is 2. The van der Waals surface area contributed by atoms with E-state index in [-0.39, 0.29) is 0 Å². The molecule has 0 unspecified atom stereocenters. The minimum absolute atomic E-state index is 0.731. The van der Waals surface area contributed by atoms with Gasteiger partial charge in [-0.15, -0.1) is 11.8 Å². The van der Waals surface area contributed by atoms with Crippen LogP contribution in [0.1, 0.15) is 6.92 Å². The molecule has 0 spiro atoms. The first-order chi connectivity index (χ1) is 6.25. The van der Waals surface area contributed by atoms with E-state index < -0.39 is 0 Å². The van der Waals surface area contributed by atoms with Gasteiger partial charge in [-0.3, -0.25) is 0 Å². The number of benzene rings is 1. The van der Waals surface area contributed by atoms with E-state index >= 15 is 0 Å². The van der Waals surface area contributed by atoms with Gasteiger partial charge in [0.2, 0.25) is 0 Å². The van der Waals surface area contributed by atoms with Crippen LogP contribution in [0.5, 0.6) is 0 Å². The summed E-state index contributed by atoms with van der Waals surface area (Å²) in [5.74, 6) is 0.907. The minimum Gasteiger partial charge on any atom is -0.398 e. The van der Waals surface area contributed by atoms with Gasteiger partial charge in [-0.2, -0.15) is 0 Å². The van der Waals surface area contributed by atoms with Crippen LogP contribution in [0.25, 0.3) is 0 Å². The summed E-state index contributed by atoms with van der Waals surface area (Å²) in [6, 6.07) is 5.58. The highest BCUT2D eigenvalue weighted by molar-refractivity contribution is 7.99. The van der Waals surface area contributed by atoms with Gasteiger partial charge < -0.3 is 5.73 Å². The molecule has 0 aliphatic heterocycles. The molecule has 0 amide bonds. The molecule has 0 heterocycles. The van der Waals surface area contributed by atoms with E-state index in [1.807, 2.05) is 31.2 Å². The van der Waals surface area contributed by atoms with Gasteiger partial charge in [-0.25, -0.2) is 0 Å². The van der Waals surface area contributed by atoms with Crippen molar-refractivity contribution in [2.45, 2.75) is 11.8 Å². The summed E-state index contributed by atoms with van der Waals surface area (Å²) in [6.45, 7) is 2.00. The molecule has 3 heteroatoms. The lowest BCUT2D eigenvalue weighted by atomic mass is 10.3. The standard InChI is InChI=1S/C10H12ClNS/c1-2-3-7-13-10-8(11)5-4-6-9(10)12/h2-6H,7,12H2,1H3/b3-2+. The topological polar surface area (TPSA) is 26.0 Å². The summed E-state index contributed by atoms with van der Waals surface area (Å²) < 4.78 is 0. The van der Waals surface area contributed by atoms with E-state index in [1.165, 1.54) is 0 Å². The number of allylic oxidation sites excluding steroid dienone is 1. The average Bonchev–Trinajstić information content (AvgIpc) is 2.10. The first-order valence-electron chi connectivity index (χ1n) is 4.03. The van der Waals surface area contributed by atoms with Gasteiger partial charge in [-0.05, 0) is 19.1 Å². The number of nitrogen functional groups attached to an aromatic ring is 1. The molecule has 1 aromatic rings. The van der Waals surface area contributed by atoms with Crippen molar-refractivity contribution in [3.05, 3.63) is 35.4 Å². The van der Waals surface area contributed by atoms with E-state index in [4.69, 9.17) is 17.3 Å². The molecule has 1 nitrogen and oxygen atoms in total. The number of nitrogens with two attached hydrogens (primary N) is 1. The van der Waals surface area contributed by atoms with Crippen LogP contribution in [0.2, 0.25) is 5.02 Å². The molecule has 1 rings (SSSR count). The van der Waals surface area contributed by atoms with Crippen molar-refractivity contribution in [1.82, 2.24) is 0 Å². The number of thioether (sulfide) groups is 1. The Morgan fingerprint density at radius 3 is 2.92 bits per heavy atom. The van der Waals surface area contributed by atoms with Gasteiger partial charge in [0, 0.05) is 16.3 Å². The van der Waals surface area contributed by atoms with Gasteiger partial charge in [0.15, 0.2) is 0 Å². The molecule has 0 fully saturated rings. The summed E-state index contributed by atoms with van der Waals surface area (Å²) >= 11 is 7.64. The summed E-state index contributed by atoms with van der Waals surface area (Å²) in [5.41, 5.74) is 6.53. The maximum absolute atomic E-state index is 5.98. The highest BCUT2D eigenvalue weighted by atomic mass is 35.5. The van der Waals surface area contributed by atoms with E-state index in [0.29, 0.717) is 0 Å². The lowest BCUT2D eigenvalue weighted by Gasteiger charge is -2.04. The number of hydrogen-bond donors (Lipinski definition) is 1. The normalized spacial score (nSPS) is 10.9. The molecule has 0 bridgehead atoms. The Bertz CT molecular complexity index is 290. The van der Waals surface area contributed by atoms with Crippen LogP contribution in [0.3, 0.4) is 0 Å². The van der Waals surface area contributed by atoms with Gasteiger partial charge in [0.25, 0.3) is 0 Å². The van der Waals surface area contributed by atoms with E-state index in [0.717, 1.165) is 21.4 Å². The Balaban J connectivity index is 2.75. The minimum atomic E-state index is 0.731. The second-order valence-corrected chi connectivity index (χ2v) is 3.98. The molecule has 0 aliphatic carbocycles. The molecule has 0 radical (unpaired) electrons. The van der Waals surface area contributed by atoms with Gasteiger partial charge in [0.1, 0.15) is 0 Å². The lowest BCUT2D eigenvalue weighted by Crippen LogP contribution is -1.88. The van der Waals surface area contributed by atoms with Crippen LogP contribution in [0, 0.1) is 0 Å². The second kappa shape index (κ2) is 5.20. The quantitative estimate of drug-likeness (QED) is 0.472. The SMILES string of the molecule is C/C=C/CSc1c(N)cccc1Cl. The fraction of sp³-hybridized carbons (Fsp3) is 0.200. The first kappa shape index (κ1) is 10.5. The Kier molecular flexibility index (Phi) is 4.19. The third kappa shape index (κ3) is 2.98. The van der Waals surface area contributed by atoms with Crippen LogP contribution in [0.15, 0.2) is 35.2 Å². The highest BCUT2D eigenvalue weighted by Crippen LogP contribution is 2.32. The van der Waals surface area contributed by atoms with E-state index in [9.17, 15) is 0 Å². The Labute approximate surface area is 88.0 Å². The summed E-state index contributed by atoms with van der Waals surface area (Å²) in [5, 5.41) is 0.731. The zero-order valence-corrected chi connectivity index (χ0v) is 9.03. The number of rotatable bonds is 3. The van der Waals surface area contributed by atoms with Crippen molar-refractivity contribution < 1.29 is 0 Å². The van der Waals surface area contributed by atoms with Crippen molar-refractivity contribution in [3.8, 4) is 0 Å². The third-order valence-electron chi connectivity index (χ3n) is 1.56.